The number of nitrogens with zero attached hydrogens (tertiary/aromatic N) is 1. The number of hydrogen-bond acceptors (Lipinski definition) is 3. The highest BCUT2D eigenvalue weighted by molar-refractivity contribution is 7.92. The Morgan fingerprint density at radius 1 is 1.19 bits per heavy atom. The van der Waals surface area contributed by atoms with Crippen molar-refractivity contribution in [3.8, 4) is 0 Å². The number of anilines is 1. The molecule has 3 rings (SSSR count). The predicted octanol–water partition coefficient (Wildman–Crippen LogP) is 3.17. The van der Waals surface area contributed by atoms with E-state index in [2.05, 4.69) is 5.32 Å². The van der Waals surface area contributed by atoms with E-state index in [4.69, 9.17) is 0 Å². The summed E-state index contributed by atoms with van der Waals surface area (Å²) in [6.07, 6.45) is 3.66. The molecule has 0 saturated carbocycles. The van der Waals surface area contributed by atoms with Gasteiger partial charge in [-0.25, -0.2) is 12.8 Å². The van der Waals surface area contributed by atoms with E-state index in [-0.39, 0.29) is 11.7 Å². The number of aryl methyl sites for hydroxylation is 1. The van der Waals surface area contributed by atoms with E-state index in [1.54, 1.807) is 6.07 Å². The molecular weight excluding hydrogens is 367 g/mol. The second kappa shape index (κ2) is 7.68. The topological polar surface area (TPSA) is 66.5 Å². The standard InChI is InChI=1S/C20H23FN2O3S/c1-14(23(27(2,25)26)19-13-6-5-11-17(19)21)20(24)22-18-12-7-9-15-8-3-4-10-16(15)18/h3-6,8,10-11,13-14,18H,7,9,12H2,1-2H3,(H,22,24)/t14-,18+/m0/s1. The minimum Gasteiger partial charge on any atom is -0.347 e. The first kappa shape index (κ1) is 19.4. The van der Waals surface area contributed by atoms with E-state index in [1.807, 2.05) is 24.3 Å². The van der Waals surface area contributed by atoms with Crippen LogP contribution in [-0.2, 0) is 21.2 Å². The summed E-state index contributed by atoms with van der Waals surface area (Å²) in [7, 11) is -3.85. The number of rotatable bonds is 5. The average Bonchev–Trinajstić information content (AvgIpc) is 2.62. The van der Waals surface area contributed by atoms with Gasteiger partial charge in [-0.1, -0.05) is 36.4 Å². The molecule has 1 amide bonds. The summed E-state index contributed by atoms with van der Waals surface area (Å²) >= 11 is 0. The number of carbonyl (C=O) groups is 1. The lowest BCUT2D eigenvalue weighted by atomic mass is 9.87. The van der Waals surface area contributed by atoms with Gasteiger partial charge in [0.15, 0.2) is 0 Å². The summed E-state index contributed by atoms with van der Waals surface area (Å²) in [5.74, 6) is -1.14. The highest BCUT2D eigenvalue weighted by Crippen LogP contribution is 2.30. The van der Waals surface area contributed by atoms with Gasteiger partial charge in [0, 0.05) is 0 Å². The highest BCUT2D eigenvalue weighted by atomic mass is 32.2. The van der Waals surface area contributed by atoms with Crippen molar-refractivity contribution < 1.29 is 17.6 Å². The number of para-hydroxylation sites is 1. The quantitative estimate of drug-likeness (QED) is 0.853. The maximum atomic E-state index is 14.2. The van der Waals surface area contributed by atoms with Crippen molar-refractivity contribution in [1.82, 2.24) is 5.32 Å². The molecule has 1 N–H and O–H groups in total. The van der Waals surface area contributed by atoms with E-state index in [9.17, 15) is 17.6 Å². The Morgan fingerprint density at radius 3 is 2.56 bits per heavy atom. The zero-order valence-corrected chi connectivity index (χ0v) is 16.2. The molecule has 7 heteroatoms. The number of benzene rings is 2. The smallest absolute Gasteiger partial charge is 0.244 e. The fourth-order valence-electron chi connectivity index (χ4n) is 3.61. The van der Waals surface area contributed by atoms with Crippen LogP contribution in [-0.4, -0.2) is 26.6 Å². The minimum absolute atomic E-state index is 0.133. The summed E-state index contributed by atoms with van der Waals surface area (Å²) in [6.45, 7) is 1.47. The first-order chi connectivity index (χ1) is 12.8. The second-order valence-electron chi connectivity index (χ2n) is 6.84. The maximum Gasteiger partial charge on any atom is 0.244 e. The van der Waals surface area contributed by atoms with E-state index in [1.165, 1.54) is 30.7 Å². The first-order valence-corrected chi connectivity index (χ1v) is 10.8. The van der Waals surface area contributed by atoms with E-state index in [0.717, 1.165) is 35.4 Å². The number of nitrogens with one attached hydrogen (secondary N) is 1. The molecule has 0 radical (unpaired) electrons. The largest absolute Gasteiger partial charge is 0.347 e. The third-order valence-electron chi connectivity index (χ3n) is 4.86. The van der Waals surface area contributed by atoms with Crippen LogP contribution in [0.5, 0.6) is 0 Å². The molecule has 2 aromatic rings. The molecule has 27 heavy (non-hydrogen) atoms. The number of hydrogen-bond donors (Lipinski definition) is 1. The van der Waals surface area contributed by atoms with Crippen LogP contribution in [0.25, 0.3) is 0 Å². The van der Waals surface area contributed by atoms with Crippen LogP contribution in [0.4, 0.5) is 10.1 Å². The summed E-state index contributed by atoms with van der Waals surface area (Å²) < 4.78 is 39.7. The van der Waals surface area contributed by atoms with Crippen LogP contribution in [0.15, 0.2) is 48.5 Å². The lowest BCUT2D eigenvalue weighted by Crippen LogP contribution is -2.49. The minimum atomic E-state index is -3.85. The van der Waals surface area contributed by atoms with Gasteiger partial charge in [0.2, 0.25) is 15.9 Å². The first-order valence-electron chi connectivity index (χ1n) is 8.91. The lowest BCUT2D eigenvalue weighted by Gasteiger charge is -2.31. The molecule has 2 atom stereocenters. The fraction of sp³-hybridized carbons (Fsp3) is 0.350. The Labute approximate surface area is 159 Å². The summed E-state index contributed by atoms with van der Waals surface area (Å²) in [5, 5.41) is 2.95. The molecular formula is C20H23FN2O3S. The number of sulfonamides is 1. The maximum absolute atomic E-state index is 14.2. The van der Waals surface area contributed by atoms with Gasteiger partial charge >= 0.3 is 0 Å². The molecule has 0 bridgehead atoms. The normalized spacial score (nSPS) is 17.7. The Morgan fingerprint density at radius 2 is 1.85 bits per heavy atom. The van der Waals surface area contributed by atoms with Crippen molar-refractivity contribution in [1.29, 1.82) is 0 Å². The molecule has 0 fully saturated rings. The zero-order chi connectivity index (χ0) is 19.6. The van der Waals surface area contributed by atoms with Gasteiger partial charge in [-0.3, -0.25) is 9.10 Å². The molecule has 1 aliphatic rings. The molecule has 1 aliphatic carbocycles. The average molecular weight is 390 g/mol. The monoisotopic (exact) mass is 390 g/mol. The fourth-order valence-corrected chi connectivity index (χ4v) is 4.78. The van der Waals surface area contributed by atoms with Crippen LogP contribution >= 0.6 is 0 Å². The van der Waals surface area contributed by atoms with Gasteiger partial charge in [0.25, 0.3) is 0 Å². The number of halogens is 1. The third kappa shape index (κ3) is 4.13. The van der Waals surface area contributed by atoms with E-state index < -0.39 is 27.8 Å². The molecule has 0 unspecified atom stereocenters. The molecule has 0 saturated heterocycles. The van der Waals surface area contributed by atoms with Crippen LogP contribution in [0, 0.1) is 5.82 Å². The SMILES string of the molecule is C[C@@H](C(=O)N[C@@H]1CCCc2ccccc21)N(c1ccccc1F)S(C)(=O)=O. The predicted molar refractivity (Wildman–Crippen MR) is 103 cm³/mol. The Bertz CT molecular complexity index is 946. The van der Waals surface area contributed by atoms with E-state index in [0.29, 0.717) is 0 Å². The van der Waals surface area contributed by atoms with E-state index >= 15 is 0 Å². The molecule has 0 spiro atoms. The second-order valence-corrected chi connectivity index (χ2v) is 8.70. The van der Waals surface area contributed by atoms with Gasteiger partial charge in [-0.15, -0.1) is 0 Å². The zero-order valence-electron chi connectivity index (χ0n) is 15.4. The van der Waals surface area contributed by atoms with Crippen LogP contribution in [0.1, 0.15) is 36.9 Å². The van der Waals surface area contributed by atoms with Gasteiger partial charge < -0.3 is 5.32 Å². The molecule has 5 nitrogen and oxygen atoms in total. The molecule has 144 valence electrons. The number of amides is 1. The summed E-state index contributed by atoms with van der Waals surface area (Å²) in [4.78, 5) is 12.9. The molecule has 0 aromatic heterocycles. The van der Waals surface area contributed by atoms with Crippen molar-refractivity contribution >= 4 is 21.6 Å². The van der Waals surface area contributed by atoms with Crippen molar-refractivity contribution in [3.05, 3.63) is 65.5 Å². The summed E-state index contributed by atoms with van der Waals surface area (Å²) in [5.41, 5.74) is 2.11. The van der Waals surface area contributed by atoms with Gasteiger partial charge in [0.1, 0.15) is 11.9 Å². The molecule has 0 aliphatic heterocycles. The van der Waals surface area contributed by atoms with Crippen molar-refractivity contribution in [2.75, 3.05) is 10.6 Å². The summed E-state index contributed by atoms with van der Waals surface area (Å²) in [6, 6.07) is 12.2. The van der Waals surface area contributed by atoms with Crippen molar-refractivity contribution in [2.24, 2.45) is 0 Å². The van der Waals surface area contributed by atoms with Crippen LogP contribution < -0.4 is 9.62 Å². The number of carbonyl (C=O) groups excluding carboxylic acids is 1. The van der Waals surface area contributed by atoms with Gasteiger partial charge in [-0.2, -0.15) is 0 Å². The molecule has 0 heterocycles. The third-order valence-corrected chi connectivity index (χ3v) is 6.09. The van der Waals surface area contributed by atoms with Gasteiger partial charge in [-0.05, 0) is 49.4 Å². The van der Waals surface area contributed by atoms with Crippen LogP contribution in [0.2, 0.25) is 0 Å². The number of fused-ring (bicyclic) bond motifs is 1. The molecule has 2 aromatic carbocycles. The van der Waals surface area contributed by atoms with Crippen LogP contribution in [0.3, 0.4) is 0 Å². The van der Waals surface area contributed by atoms with Crippen molar-refractivity contribution in [3.63, 3.8) is 0 Å². The Kier molecular flexibility index (Phi) is 5.51. The lowest BCUT2D eigenvalue weighted by molar-refractivity contribution is -0.122. The Balaban J connectivity index is 1.86. The highest BCUT2D eigenvalue weighted by Gasteiger charge is 2.32. The van der Waals surface area contributed by atoms with Gasteiger partial charge in [0.05, 0.1) is 18.0 Å². The van der Waals surface area contributed by atoms with Crippen molar-refractivity contribution in [2.45, 2.75) is 38.3 Å². The Hall–Kier alpha value is -2.41.